The first-order chi connectivity index (χ1) is 9.52. The van der Waals surface area contributed by atoms with Crippen molar-refractivity contribution in [2.45, 2.75) is 13.3 Å². The summed E-state index contributed by atoms with van der Waals surface area (Å²) in [5, 5.41) is 10.7. The second-order valence-electron chi connectivity index (χ2n) is 5.64. The topological polar surface area (TPSA) is 81.6 Å². The lowest BCUT2D eigenvalue weighted by Crippen LogP contribution is -2.33. The summed E-state index contributed by atoms with van der Waals surface area (Å²) in [7, 11) is 0. The molecule has 6 heteroatoms. The number of non-ortho nitro benzene ring substituents is 1. The molecule has 0 aromatic heterocycles. The second-order valence-corrected chi connectivity index (χ2v) is 5.64. The molecular formula is C14H21N3O3. The molecule has 6 nitrogen and oxygen atoms in total. The quantitative estimate of drug-likeness (QED) is 0.632. The zero-order valence-electron chi connectivity index (χ0n) is 11.7. The van der Waals surface area contributed by atoms with Crippen LogP contribution < -0.4 is 10.5 Å². The molecule has 1 saturated heterocycles. The Morgan fingerprint density at radius 3 is 3.00 bits per heavy atom. The van der Waals surface area contributed by atoms with Gasteiger partial charge in [-0.2, -0.15) is 0 Å². The Morgan fingerprint density at radius 2 is 2.35 bits per heavy atom. The molecule has 0 radical (unpaired) electrons. The number of hydrogen-bond donors (Lipinski definition) is 1. The van der Waals surface area contributed by atoms with Gasteiger partial charge in [0.1, 0.15) is 12.4 Å². The average Bonchev–Trinajstić information content (AvgIpc) is 2.82. The number of nitro groups is 1. The Morgan fingerprint density at radius 1 is 1.55 bits per heavy atom. The van der Waals surface area contributed by atoms with E-state index in [0.717, 1.165) is 26.1 Å². The van der Waals surface area contributed by atoms with Gasteiger partial charge in [-0.1, -0.05) is 13.0 Å². The van der Waals surface area contributed by atoms with E-state index in [2.05, 4.69) is 11.8 Å². The molecule has 0 spiro atoms. The number of likely N-dealkylation sites (tertiary alicyclic amines) is 1. The zero-order chi connectivity index (χ0) is 14.6. The molecule has 1 fully saturated rings. The number of nitrogens with zero attached hydrogens (tertiary/aromatic N) is 2. The van der Waals surface area contributed by atoms with Crippen LogP contribution in [0.4, 0.5) is 5.69 Å². The molecule has 1 unspecified atom stereocenters. The van der Waals surface area contributed by atoms with Crippen LogP contribution in [0.1, 0.15) is 13.3 Å². The van der Waals surface area contributed by atoms with Crippen LogP contribution in [0.3, 0.4) is 0 Å². The van der Waals surface area contributed by atoms with Crippen molar-refractivity contribution in [3.05, 3.63) is 34.4 Å². The molecule has 2 rings (SSSR count). The van der Waals surface area contributed by atoms with E-state index in [0.29, 0.717) is 18.9 Å². The van der Waals surface area contributed by atoms with Gasteiger partial charge in [0.05, 0.1) is 11.0 Å². The van der Waals surface area contributed by atoms with Gasteiger partial charge in [0, 0.05) is 19.2 Å². The van der Waals surface area contributed by atoms with Crippen LogP contribution in [0.25, 0.3) is 0 Å². The Kier molecular flexibility index (Phi) is 4.57. The molecule has 2 N–H and O–H groups in total. The maximum atomic E-state index is 10.7. The summed E-state index contributed by atoms with van der Waals surface area (Å²) in [6.07, 6.45) is 1.11. The lowest BCUT2D eigenvalue weighted by Gasteiger charge is -2.22. The van der Waals surface area contributed by atoms with Crippen molar-refractivity contribution in [1.29, 1.82) is 0 Å². The van der Waals surface area contributed by atoms with Crippen molar-refractivity contribution in [2.24, 2.45) is 11.1 Å². The smallest absolute Gasteiger partial charge is 0.273 e. The average molecular weight is 279 g/mol. The molecule has 1 aromatic carbocycles. The molecule has 1 heterocycles. The minimum Gasteiger partial charge on any atom is -0.492 e. The minimum absolute atomic E-state index is 0.0550. The standard InChI is InChI=1S/C14H21N3O3/c1-14(10-15)5-6-16(11-14)7-8-20-13-4-2-3-12(9-13)17(18)19/h2-4,9H,5-8,10-11,15H2,1H3. The van der Waals surface area contributed by atoms with Gasteiger partial charge < -0.3 is 10.5 Å². The van der Waals surface area contributed by atoms with Crippen molar-refractivity contribution in [3.63, 3.8) is 0 Å². The molecule has 1 atom stereocenters. The third-order valence-electron chi connectivity index (χ3n) is 3.83. The Bertz CT molecular complexity index is 480. The molecule has 0 saturated carbocycles. The van der Waals surface area contributed by atoms with Gasteiger partial charge in [-0.05, 0) is 31.0 Å². The van der Waals surface area contributed by atoms with Gasteiger partial charge in [0.25, 0.3) is 5.69 Å². The molecule has 1 aliphatic heterocycles. The van der Waals surface area contributed by atoms with E-state index in [1.54, 1.807) is 12.1 Å². The number of nitro benzene ring substituents is 1. The summed E-state index contributed by atoms with van der Waals surface area (Å²) in [5.74, 6) is 0.542. The second kappa shape index (κ2) is 6.19. The summed E-state index contributed by atoms with van der Waals surface area (Å²) in [5.41, 5.74) is 6.04. The van der Waals surface area contributed by atoms with Crippen LogP contribution in [-0.2, 0) is 0 Å². The van der Waals surface area contributed by atoms with Gasteiger partial charge in [0.15, 0.2) is 0 Å². The van der Waals surface area contributed by atoms with Gasteiger partial charge >= 0.3 is 0 Å². The van der Waals surface area contributed by atoms with Gasteiger partial charge in [-0.3, -0.25) is 15.0 Å². The van der Waals surface area contributed by atoms with E-state index < -0.39 is 4.92 Å². The Balaban J connectivity index is 1.79. The summed E-state index contributed by atoms with van der Waals surface area (Å²) >= 11 is 0. The predicted molar refractivity (Wildman–Crippen MR) is 76.8 cm³/mol. The highest BCUT2D eigenvalue weighted by Crippen LogP contribution is 2.28. The van der Waals surface area contributed by atoms with Crippen LogP contribution in [0.15, 0.2) is 24.3 Å². The number of benzene rings is 1. The number of nitrogens with two attached hydrogens (primary N) is 1. The van der Waals surface area contributed by atoms with Crippen LogP contribution in [0.5, 0.6) is 5.75 Å². The Labute approximate surface area is 118 Å². The monoisotopic (exact) mass is 279 g/mol. The highest BCUT2D eigenvalue weighted by molar-refractivity contribution is 5.37. The number of rotatable bonds is 6. The molecule has 110 valence electrons. The minimum atomic E-state index is -0.417. The maximum Gasteiger partial charge on any atom is 0.273 e. The first-order valence-corrected chi connectivity index (χ1v) is 6.82. The van der Waals surface area contributed by atoms with E-state index in [9.17, 15) is 10.1 Å². The summed E-state index contributed by atoms with van der Waals surface area (Å²) in [6, 6.07) is 6.28. The fourth-order valence-corrected chi connectivity index (χ4v) is 2.46. The Hall–Kier alpha value is -1.66. The van der Waals surface area contributed by atoms with Gasteiger partial charge in [0.2, 0.25) is 0 Å². The highest BCUT2D eigenvalue weighted by atomic mass is 16.6. The molecule has 0 bridgehead atoms. The third kappa shape index (κ3) is 3.68. The van der Waals surface area contributed by atoms with E-state index in [1.807, 2.05) is 0 Å². The first kappa shape index (κ1) is 14.7. The maximum absolute atomic E-state index is 10.7. The van der Waals surface area contributed by atoms with Crippen molar-refractivity contribution in [3.8, 4) is 5.75 Å². The van der Waals surface area contributed by atoms with E-state index in [-0.39, 0.29) is 11.1 Å². The largest absolute Gasteiger partial charge is 0.492 e. The van der Waals surface area contributed by atoms with Crippen LogP contribution in [0, 0.1) is 15.5 Å². The van der Waals surface area contributed by atoms with Crippen LogP contribution >= 0.6 is 0 Å². The lowest BCUT2D eigenvalue weighted by molar-refractivity contribution is -0.384. The van der Waals surface area contributed by atoms with Crippen molar-refractivity contribution >= 4 is 5.69 Å². The number of hydrogen-bond acceptors (Lipinski definition) is 5. The lowest BCUT2D eigenvalue weighted by atomic mass is 9.90. The predicted octanol–water partition coefficient (Wildman–Crippen LogP) is 1.64. The van der Waals surface area contributed by atoms with Gasteiger partial charge in [-0.15, -0.1) is 0 Å². The SMILES string of the molecule is CC1(CN)CCN(CCOc2cccc([N+](=O)[O-])c2)C1. The molecule has 1 aliphatic rings. The molecule has 0 amide bonds. The van der Waals surface area contributed by atoms with E-state index in [4.69, 9.17) is 10.5 Å². The summed E-state index contributed by atoms with van der Waals surface area (Å²) in [4.78, 5) is 12.6. The molecule has 0 aliphatic carbocycles. The normalized spacial score (nSPS) is 22.9. The van der Waals surface area contributed by atoms with Crippen molar-refractivity contribution in [1.82, 2.24) is 4.90 Å². The fraction of sp³-hybridized carbons (Fsp3) is 0.571. The first-order valence-electron chi connectivity index (χ1n) is 6.82. The summed E-state index contributed by atoms with van der Waals surface area (Å²) < 4.78 is 5.58. The van der Waals surface area contributed by atoms with Crippen LogP contribution in [0.2, 0.25) is 0 Å². The third-order valence-corrected chi connectivity index (χ3v) is 3.83. The summed E-state index contributed by atoms with van der Waals surface area (Å²) in [6.45, 7) is 6.28. The van der Waals surface area contributed by atoms with Crippen LogP contribution in [-0.4, -0.2) is 42.6 Å². The zero-order valence-corrected chi connectivity index (χ0v) is 11.7. The van der Waals surface area contributed by atoms with E-state index >= 15 is 0 Å². The molecule has 20 heavy (non-hydrogen) atoms. The fourth-order valence-electron chi connectivity index (χ4n) is 2.46. The molecular weight excluding hydrogens is 258 g/mol. The number of ether oxygens (including phenoxy) is 1. The highest BCUT2D eigenvalue weighted by Gasteiger charge is 2.31. The van der Waals surface area contributed by atoms with Gasteiger partial charge in [-0.25, -0.2) is 0 Å². The van der Waals surface area contributed by atoms with Crippen molar-refractivity contribution < 1.29 is 9.66 Å². The molecule has 1 aromatic rings. The van der Waals surface area contributed by atoms with Crippen molar-refractivity contribution in [2.75, 3.05) is 32.8 Å². The van der Waals surface area contributed by atoms with E-state index in [1.165, 1.54) is 12.1 Å².